The van der Waals surface area contributed by atoms with Crippen molar-refractivity contribution in [3.8, 4) is 0 Å². The fourth-order valence-electron chi connectivity index (χ4n) is 1.75. The van der Waals surface area contributed by atoms with Crippen LogP contribution in [0.25, 0.3) is 11.0 Å². The van der Waals surface area contributed by atoms with Crippen molar-refractivity contribution in [3.05, 3.63) is 40.6 Å². The number of halogens is 1. The molecule has 0 saturated carbocycles. The highest BCUT2D eigenvalue weighted by molar-refractivity contribution is 7.09. The summed E-state index contributed by atoms with van der Waals surface area (Å²) in [5.41, 5.74) is 7.21. The van der Waals surface area contributed by atoms with E-state index >= 15 is 0 Å². The molecule has 0 aliphatic carbocycles. The summed E-state index contributed by atoms with van der Waals surface area (Å²) in [6, 6.07) is 4.47. The molecule has 86 valence electrons. The van der Waals surface area contributed by atoms with E-state index in [1.807, 2.05) is 9.95 Å². The second-order valence-corrected chi connectivity index (χ2v) is 4.59. The smallest absolute Gasteiger partial charge is 0.201 e. The average Bonchev–Trinajstić information content (AvgIpc) is 2.88. The van der Waals surface area contributed by atoms with Gasteiger partial charge in [-0.05, 0) is 12.1 Å². The Kier molecular flexibility index (Phi) is 2.29. The zero-order chi connectivity index (χ0) is 11.8. The fourth-order valence-corrected chi connectivity index (χ4v) is 2.36. The lowest BCUT2D eigenvalue weighted by Gasteiger charge is -2.03. The van der Waals surface area contributed by atoms with Crippen molar-refractivity contribution in [1.82, 2.24) is 14.5 Å². The van der Waals surface area contributed by atoms with E-state index in [0.29, 0.717) is 18.0 Å². The van der Waals surface area contributed by atoms with Gasteiger partial charge in [0.1, 0.15) is 10.8 Å². The van der Waals surface area contributed by atoms with Crippen LogP contribution in [0.15, 0.2) is 29.8 Å². The Hall–Kier alpha value is -1.95. The molecule has 3 aromatic rings. The van der Waals surface area contributed by atoms with Crippen molar-refractivity contribution in [2.24, 2.45) is 0 Å². The van der Waals surface area contributed by atoms with E-state index in [0.717, 1.165) is 10.5 Å². The summed E-state index contributed by atoms with van der Waals surface area (Å²) in [6.45, 7) is 0.561. The first-order valence-electron chi connectivity index (χ1n) is 5.03. The van der Waals surface area contributed by atoms with E-state index in [1.54, 1.807) is 23.6 Å². The van der Waals surface area contributed by atoms with Crippen LogP contribution < -0.4 is 5.73 Å². The quantitative estimate of drug-likeness (QED) is 0.756. The molecule has 0 bridgehead atoms. The zero-order valence-electron chi connectivity index (χ0n) is 8.80. The Morgan fingerprint density at radius 2 is 2.29 bits per heavy atom. The van der Waals surface area contributed by atoms with Crippen LogP contribution in [0.2, 0.25) is 0 Å². The van der Waals surface area contributed by atoms with Gasteiger partial charge in [0.05, 0.1) is 17.6 Å². The highest BCUT2D eigenvalue weighted by Crippen LogP contribution is 2.20. The molecule has 0 saturated heterocycles. The minimum absolute atomic E-state index is 0.309. The third kappa shape index (κ3) is 1.76. The molecule has 0 fully saturated rings. The first-order valence-corrected chi connectivity index (χ1v) is 5.91. The number of imidazole rings is 1. The number of rotatable bonds is 2. The monoisotopic (exact) mass is 248 g/mol. The molecule has 0 atom stereocenters. The summed E-state index contributed by atoms with van der Waals surface area (Å²) in [5.74, 6) is 0.0669. The van der Waals surface area contributed by atoms with E-state index in [4.69, 9.17) is 5.73 Å². The Bertz CT molecular complexity index is 659. The molecule has 17 heavy (non-hydrogen) atoms. The largest absolute Gasteiger partial charge is 0.369 e. The van der Waals surface area contributed by atoms with E-state index < -0.39 is 0 Å². The van der Waals surface area contributed by atoms with E-state index in [1.165, 1.54) is 12.1 Å². The molecule has 2 heterocycles. The van der Waals surface area contributed by atoms with Gasteiger partial charge in [-0.1, -0.05) is 0 Å². The van der Waals surface area contributed by atoms with Gasteiger partial charge in [0.15, 0.2) is 0 Å². The van der Waals surface area contributed by atoms with Gasteiger partial charge >= 0.3 is 0 Å². The number of nitrogens with two attached hydrogens (primary N) is 1. The first-order chi connectivity index (χ1) is 8.24. The van der Waals surface area contributed by atoms with Gasteiger partial charge in [-0.2, -0.15) is 0 Å². The maximum Gasteiger partial charge on any atom is 0.201 e. The molecule has 0 spiro atoms. The van der Waals surface area contributed by atoms with Crippen LogP contribution in [0.4, 0.5) is 10.3 Å². The summed E-state index contributed by atoms with van der Waals surface area (Å²) in [7, 11) is 0. The van der Waals surface area contributed by atoms with Crippen molar-refractivity contribution in [2.75, 3.05) is 5.73 Å². The van der Waals surface area contributed by atoms with Crippen LogP contribution in [0.3, 0.4) is 0 Å². The molecule has 4 nitrogen and oxygen atoms in total. The van der Waals surface area contributed by atoms with Crippen LogP contribution in [0, 0.1) is 5.82 Å². The van der Waals surface area contributed by atoms with Crippen molar-refractivity contribution in [2.45, 2.75) is 6.54 Å². The molecule has 2 aromatic heterocycles. The number of hydrogen-bond donors (Lipinski definition) is 1. The first kappa shape index (κ1) is 10.2. The van der Waals surface area contributed by atoms with E-state index in [2.05, 4.69) is 9.97 Å². The normalized spacial score (nSPS) is 11.1. The topological polar surface area (TPSA) is 56.7 Å². The van der Waals surface area contributed by atoms with Crippen molar-refractivity contribution in [3.63, 3.8) is 0 Å². The van der Waals surface area contributed by atoms with Gasteiger partial charge in [-0.15, -0.1) is 11.3 Å². The number of fused-ring (bicyclic) bond motifs is 1. The third-order valence-electron chi connectivity index (χ3n) is 2.52. The molecule has 6 heteroatoms. The second-order valence-electron chi connectivity index (χ2n) is 3.62. The predicted octanol–water partition coefficient (Wildman–Crippen LogP) is 2.26. The molecule has 2 N–H and O–H groups in total. The number of hydrogen-bond acceptors (Lipinski definition) is 4. The minimum atomic E-state index is -0.309. The van der Waals surface area contributed by atoms with Gasteiger partial charge in [-0.3, -0.25) is 0 Å². The highest BCUT2D eigenvalue weighted by Gasteiger charge is 2.10. The number of thiazole rings is 1. The third-order valence-corrected chi connectivity index (χ3v) is 3.28. The average molecular weight is 248 g/mol. The van der Waals surface area contributed by atoms with Crippen LogP contribution in [0.5, 0.6) is 0 Å². The second kappa shape index (κ2) is 3.81. The van der Waals surface area contributed by atoms with E-state index in [-0.39, 0.29) is 5.82 Å². The van der Waals surface area contributed by atoms with Crippen LogP contribution in [-0.4, -0.2) is 14.5 Å². The molecule has 0 unspecified atom stereocenters. The molecule has 3 rings (SSSR count). The van der Waals surface area contributed by atoms with Gasteiger partial charge in [0.25, 0.3) is 0 Å². The predicted molar refractivity (Wildman–Crippen MR) is 65.3 cm³/mol. The standard InChI is InChI=1S/C11H9FN4S/c12-7-1-2-9-8(5-7)15-11(13)16(9)6-10-14-3-4-17-10/h1-5H,6H2,(H2,13,15). The molecule has 1 aromatic carbocycles. The van der Waals surface area contributed by atoms with Gasteiger partial charge in [0.2, 0.25) is 5.95 Å². The molecular weight excluding hydrogens is 239 g/mol. The van der Waals surface area contributed by atoms with E-state index in [9.17, 15) is 4.39 Å². The Morgan fingerprint density at radius 1 is 1.41 bits per heavy atom. The number of anilines is 1. The Balaban J connectivity index is 2.12. The maximum absolute atomic E-state index is 13.1. The zero-order valence-corrected chi connectivity index (χ0v) is 9.62. The van der Waals surface area contributed by atoms with Crippen LogP contribution in [-0.2, 0) is 6.54 Å². The molecular formula is C11H9FN4S. The summed E-state index contributed by atoms with van der Waals surface area (Å²) in [6.07, 6.45) is 1.75. The molecule has 0 aliphatic rings. The van der Waals surface area contributed by atoms with Crippen molar-refractivity contribution in [1.29, 1.82) is 0 Å². The number of benzene rings is 1. The van der Waals surface area contributed by atoms with Crippen molar-refractivity contribution < 1.29 is 4.39 Å². The lowest BCUT2D eigenvalue weighted by Crippen LogP contribution is -2.04. The summed E-state index contributed by atoms with van der Waals surface area (Å²) in [4.78, 5) is 8.33. The van der Waals surface area contributed by atoms with Crippen molar-refractivity contribution >= 4 is 28.3 Å². The van der Waals surface area contributed by atoms with Gasteiger partial charge in [0, 0.05) is 17.6 Å². The summed E-state index contributed by atoms with van der Waals surface area (Å²) in [5, 5.41) is 2.85. The Labute approximate surface area is 101 Å². The summed E-state index contributed by atoms with van der Waals surface area (Å²) >= 11 is 1.55. The van der Waals surface area contributed by atoms with Crippen LogP contribution in [0.1, 0.15) is 5.01 Å². The Morgan fingerprint density at radius 3 is 3.06 bits per heavy atom. The lowest BCUT2D eigenvalue weighted by atomic mass is 10.3. The molecule has 0 radical (unpaired) electrons. The minimum Gasteiger partial charge on any atom is -0.369 e. The maximum atomic E-state index is 13.1. The number of aromatic nitrogens is 3. The number of nitrogens with zero attached hydrogens (tertiary/aromatic N) is 3. The molecule has 0 amide bonds. The fraction of sp³-hybridized carbons (Fsp3) is 0.0909. The lowest BCUT2D eigenvalue weighted by molar-refractivity contribution is 0.629. The number of nitrogen functional groups attached to an aromatic ring is 1. The highest BCUT2D eigenvalue weighted by atomic mass is 32.1. The molecule has 0 aliphatic heterocycles. The SMILES string of the molecule is Nc1nc2cc(F)ccc2n1Cc1nccs1. The van der Waals surface area contributed by atoms with Gasteiger partial charge in [-0.25, -0.2) is 14.4 Å². The van der Waals surface area contributed by atoms with Crippen LogP contribution >= 0.6 is 11.3 Å². The summed E-state index contributed by atoms with van der Waals surface area (Å²) < 4.78 is 14.9. The van der Waals surface area contributed by atoms with Gasteiger partial charge < -0.3 is 10.3 Å².